The molecule has 10 heteroatoms. The number of benzene rings is 2. The average Bonchev–Trinajstić information content (AvgIpc) is 2.61. The van der Waals surface area contributed by atoms with E-state index in [4.69, 9.17) is 11.6 Å². The van der Waals surface area contributed by atoms with Crippen molar-refractivity contribution in [3.05, 3.63) is 63.2 Å². The predicted molar refractivity (Wildman–Crippen MR) is 109 cm³/mol. The van der Waals surface area contributed by atoms with E-state index in [1.54, 1.807) is 6.92 Å². The number of nitro groups is 1. The highest BCUT2D eigenvalue weighted by Gasteiger charge is 2.32. The summed E-state index contributed by atoms with van der Waals surface area (Å²) in [6.07, 6.45) is 1.20. The van der Waals surface area contributed by atoms with Crippen LogP contribution in [0, 0.1) is 17.0 Å². The normalized spacial score (nSPS) is 12.3. The number of hydrogen-bond donors (Lipinski definition) is 1. The van der Waals surface area contributed by atoms with Gasteiger partial charge in [0.25, 0.3) is 5.69 Å². The molecule has 0 spiro atoms. The van der Waals surface area contributed by atoms with E-state index < -0.39 is 26.9 Å². The first-order valence-corrected chi connectivity index (χ1v) is 10.6. The molecule has 0 bridgehead atoms. The van der Waals surface area contributed by atoms with Crippen LogP contribution in [0.3, 0.4) is 0 Å². The summed E-state index contributed by atoms with van der Waals surface area (Å²) in [6.45, 7) is 3.20. The number of anilines is 2. The molecule has 0 unspecified atom stereocenters. The van der Waals surface area contributed by atoms with E-state index in [1.807, 2.05) is 0 Å². The Kier molecular flexibility index (Phi) is 6.63. The third kappa shape index (κ3) is 4.79. The van der Waals surface area contributed by atoms with Crippen LogP contribution in [-0.4, -0.2) is 31.5 Å². The maximum Gasteiger partial charge on any atom is 0.274 e. The number of rotatable bonds is 7. The van der Waals surface area contributed by atoms with Gasteiger partial charge >= 0.3 is 0 Å². The molecular weight excluding hydrogens is 406 g/mol. The van der Waals surface area contributed by atoms with E-state index >= 15 is 0 Å². The van der Waals surface area contributed by atoms with Gasteiger partial charge in [0.05, 0.1) is 28.1 Å². The summed E-state index contributed by atoms with van der Waals surface area (Å²) in [5, 5.41) is 14.1. The third-order valence-corrected chi connectivity index (χ3v) is 5.60. The molecule has 0 saturated heterocycles. The Morgan fingerprint density at radius 1 is 1.25 bits per heavy atom. The van der Waals surface area contributed by atoms with Crippen molar-refractivity contribution in [3.8, 4) is 0 Å². The van der Waals surface area contributed by atoms with Gasteiger partial charge in [-0.3, -0.25) is 19.2 Å². The van der Waals surface area contributed by atoms with E-state index in [9.17, 15) is 23.3 Å². The first-order valence-electron chi connectivity index (χ1n) is 8.36. The molecule has 2 aromatic carbocycles. The highest BCUT2D eigenvalue weighted by molar-refractivity contribution is 7.92. The SMILES string of the molecule is CC[C@H](C(=O)Nc1cccc([N+](=O)[O-])c1C)N(c1ccc(Cl)cc1)S(C)(=O)=O. The van der Waals surface area contributed by atoms with E-state index in [0.717, 1.165) is 10.6 Å². The van der Waals surface area contributed by atoms with Gasteiger partial charge in [-0.15, -0.1) is 0 Å². The van der Waals surface area contributed by atoms with Crippen molar-refractivity contribution in [1.82, 2.24) is 0 Å². The molecule has 1 N–H and O–H groups in total. The summed E-state index contributed by atoms with van der Waals surface area (Å²) in [5.41, 5.74) is 0.698. The zero-order valence-corrected chi connectivity index (χ0v) is 17.1. The molecule has 8 nitrogen and oxygen atoms in total. The summed E-state index contributed by atoms with van der Waals surface area (Å²) < 4.78 is 25.8. The lowest BCUT2D eigenvalue weighted by Gasteiger charge is -2.30. The van der Waals surface area contributed by atoms with E-state index in [2.05, 4.69) is 5.32 Å². The van der Waals surface area contributed by atoms with Crippen molar-refractivity contribution in [3.63, 3.8) is 0 Å². The predicted octanol–water partition coefficient (Wildman–Crippen LogP) is 3.74. The van der Waals surface area contributed by atoms with Gasteiger partial charge in [-0.25, -0.2) is 8.42 Å². The Morgan fingerprint density at radius 3 is 2.36 bits per heavy atom. The number of hydrogen-bond acceptors (Lipinski definition) is 5. The van der Waals surface area contributed by atoms with Crippen molar-refractivity contribution in [2.75, 3.05) is 15.9 Å². The van der Waals surface area contributed by atoms with Crippen molar-refractivity contribution in [2.24, 2.45) is 0 Å². The minimum Gasteiger partial charge on any atom is -0.324 e. The van der Waals surface area contributed by atoms with Crippen molar-refractivity contribution in [2.45, 2.75) is 26.3 Å². The summed E-state index contributed by atoms with van der Waals surface area (Å²) in [4.78, 5) is 23.4. The van der Waals surface area contributed by atoms with Gasteiger partial charge < -0.3 is 5.32 Å². The lowest BCUT2D eigenvalue weighted by molar-refractivity contribution is -0.385. The average molecular weight is 426 g/mol. The fourth-order valence-corrected chi connectivity index (χ4v) is 4.16. The molecule has 150 valence electrons. The first kappa shape index (κ1) is 21.6. The molecule has 0 aliphatic rings. The fourth-order valence-electron chi connectivity index (χ4n) is 2.82. The molecule has 0 aliphatic heterocycles. The number of carbonyl (C=O) groups excluding carboxylic acids is 1. The number of sulfonamides is 1. The minimum absolute atomic E-state index is 0.136. The van der Waals surface area contributed by atoms with Crippen LogP contribution in [0.1, 0.15) is 18.9 Å². The molecule has 0 saturated carbocycles. The van der Waals surface area contributed by atoms with Crippen LogP contribution in [-0.2, 0) is 14.8 Å². The van der Waals surface area contributed by atoms with Crippen LogP contribution in [0.2, 0.25) is 5.02 Å². The lowest BCUT2D eigenvalue weighted by Crippen LogP contribution is -2.47. The highest BCUT2D eigenvalue weighted by Crippen LogP contribution is 2.28. The van der Waals surface area contributed by atoms with Gasteiger partial charge in [0.1, 0.15) is 6.04 Å². The van der Waals surface area contributed by atoms with Crippen molar-refractivity contribution in [1.29, 1.82) is 0 Å². The molecule has 2 aromatic rings. The van der Waals surface area contributed by atoms with Crippen LogP contribution in [0.15, 0.2) is 42.5 Å². The molecule has 1 atom stereocenters. The Bertz CT molecular complexity index is 993. The standard InChI is InChI=1S/C18H20ClN3O5S/c1-4-16(21(28(3,26)27)14-10-8-13(19)9-11-14)18(23)20-15-6-5-7-17(12(15)2)22(24)25/h5-11,16H,4H2,1-3H3,(H,20,23)/t16-/m1/s1. The van der Waals surface area contributed by atoms with Crippen LogP contribution in [0.5, 0.6) is 0 Å². The van der Waals surface area contributed by atoms with Crippen molar-refractivity contribution >= 4 is 44.6 Å². The molecule has 0 aromatic heterocycles. The second-order valence-electron chi connectivity index (χ2n) is 6.16. The number of nitro benzene ring substituents is 1. The molecule has 28 heavy (non-hydrogen) atoms. The number of nitrogens with zero attached hydrogens (tertiary/aromatic N) is 2. The second kappa shape index (κ2) is 8.57. The highest BCUT2D eigenvalue weighted by atomic mass is 35.5. The number of halogens is 1. The van der Waals surface area contributed by atoms with Crippen LogP contribution in [0.25, 0.3) is 0 Å². The van der Waals surface area contributed by atoms with Crippen molar-refractivity contribution < 1.29 is 18.1 Å². The number of nitrogens with one attached hydrogen (secondary N) is 1. The number of amides is 1. The summed E-state index contributed by atoms with van der Waals surface area (Å²) >= 11 is 5.87. The topological polar surface area (TPSA) is 110 Å². The molecule has 2 rings (SSSR count). The van der Waals surface area contributed by atoms with Gasteiger partial charge in [0.15, 0.2) is 0 Å². The van der Waals surface area contributed by atoms with E-state index in [-0.39, 0.29) is 23.4 Å². The molecule has 0 heterocycles. The smallest absolute Gasteiger partial charge is 0.274 e. The third-order valence-electron chi connectivity index (χ3n) is 4.17. The Hall–Kier alpha value is -2.65. The van der Waals surface area contributed by atoms with E-state index in [1.165, 1.54) is 49.4 Å². The maximum absolute atomic E-state index is 12.9. The second-order valence-corrected chi connectivity index (χ2v) is 8.45. The quantitative estimate of drug-likeness (QED) is 0.536. The largest absolute Gasteiger partial charge is 0.324 e. The zero-order chi connectivity index (χ0) is 21.1. The Morgan fingerprint density at radius 2 is 1.86 bits per heavy atom. The minimum atomic E-state index is -3.79. The molecular formula is C18H20ClN3O5S. The Labute approximate surface area is 168 Å². The van der Waals surface area contributed by atoms with Gasteiger partial charge in [0.2, 0.25) is 15.9 Å². The zero-order valence-electron chi connectivity index (χ0n) is 15.5. The summed E-state index contributed by atoms with van der Waals surface area (Å²) in [5.74, 6) is -0.591. The van der Waals surface area contributed by atoms with Gasteiger partial charge in [0, 0.05) is 11.1 Å². The van der Waals surface area contributed by atoms with Gasteiger partial charge in [-0.1, -0.05) is 24.6 Å². The lowest BCUT2D eigenvalue weighted by atomic mass is 10.1. The van der Waals surface area contributed by atoms with Crippen LogP contribution >= 0.6 is 11.6 Å². The van der Waals surface area contributed by atoms with E-state index in [0.29, 0.717) is 10.7 Å². The first-order chi connectivity index (χ1) is 13.1. The summed E-state index contributed by atoms with van der Waals surface area (Å²) in [6, 6.07) is 9.36. The number of carbonyl (C=O) groups is 1. The monoisotopic (exact) mass is 425 g/mol. The molecule has 0 aliphatic carbocycles. The van der Waals surface area contributed by atoms with Gasteiger partial charge in [-0.2, -0.15) is 0 Å². The Balaban J connectivity index is 2.41. The van der Waals surface area contributed by atoms with Gasteiger partial charge in [-0.05, 0) is 43.7 Å². The molecule has 0 fully saturated rings. The summed E-state index contributed by atoms with van der Waals surface area (Å²) in [7, 11) is -3.79. The molecule has 1 amide bonds. The fraction of sp³-hybridized carbons (Fsp3) is 0.278. The van der Waals surface area contributed by atoms with Crippen LogP contribution < -0.4 is 9.62 Å². The maximum atomic E-state index is 12.9. The molecule has 0 radical (unpaired) electrons. The van der Waals surface area contributed by atoms with Crippen LogP contribution in [0.4, 0.5) is 17.1 Å².